The van der Waals surface area contributed by atoms with Gasteiger partial charge in [-0.05, 0) is 25.2 Å². The Hall–Kier alpha value is -1.85. The number of carbonyl (C=O) groups excluding carboxylic acids is 1. The first-order chi connectivity index (χ1) is 8.66. The molecule has 6 nitrogen and oxygen atoms in total. The molecule has 1 aliphatic rings. The van der Waals surface area contributed by atoms with Crippen LogP contribution >= 0.6 is 0 Å². The number of aliphatic carboxylic acids is 1. The predicted molar refractivity (Wildman–Crippen MR) is 64.1 cm³/mol. The summed E-state index contributed by atoms with van der Waals surface area (Å²) >= 11 is 0. The van der Waals surface area contributed by atoms with Crippen molar-refractivity contribution in [3.8, 4) is 0 Å². The van der Waals surface area contributed by atoms with E-state index in [9.17, 15) is 9.59 Å². The van der Waals surface area contributed by atoms with Crippen molar-refractivity contribution in [2.75, 3.05) is 13.1 Å². The summed E-state index contributed by atoms with van der Waals surface area (Å²) < 4.78 is 0. The Bertz CT molecular complexity index is 416. The zero-order valence-electron chi connectivity index (χ0n) is 10.1. The largest absolute Gasteiger partial charge is 0.481 e. The van der Waals surface area contributed by atoms with Gasteiger partial charge >= 0.3 is 5.97 Å². The molecule has 0 bridgehead atoms. The minimum Gasteiger partial charge on any atom is -0.481 e. The van der Waals surface area contributed by atoms with Gasteiger partial charge in [0, 0.05) is 19.5 Å². The van der Waals surface area contributed by atoms with Gasteiger partial charge in [-0.1, -0.05) is 0 Å². The van der Waals surface area contributed by atoms with Crippen LogP contribution in [-0.2, 0) is 4.79 Å². The molecule has 98 valence electrons. The van der Waals surface area contributed by atoms with Gasteiger partial charge in [0.1, 0.15) is 5.69 Å². The van der Waals surface area contributed by atoms with Crippen molar-refractivity contribution in [2.24, 2.45) is 5.92 Å². The highest BCUT2D eigenvalue weighted by Gasteiger charge is 2.25. The number of hydrogen-bond donors (Lipinski definition) is 2. The maximum Gasteiger partial charge on any atom is 0.303 e. The summed E-state index contributed by atoms with van der Waals surface area (Å²) in [5.74, 6) is -0.527. The molecular formula is C12H17N3O3. The van der Waals surface area contributed by atoms with E-state index in [4.69, 9.17) is 5.11 Å². The second kappa shape index (κ2) is 5.66. The average molecular weight is 251 g/mol. The maximum atomic E-state index is 12.1. The molecule has 1 atom stereocenters. The number of nitrogens with zero attached hydrogens (tertiary/aromatic N) is 2. The first-order valence-electron chi connectivity index (χ1n) is 6.16. The first kappa shape index (κ1) is 12.6. The smallest absolute Gasteiger partial charge is 0.303 e. The first-order valence-corrected chi connectivity index (χ1v) is 6.16. The fourth-order valence-electron chi connectivity index (χ4n) is 2.36. The van der Waals surface area contributed by atoms with Crippen LogP contribution in [0.1, 0.15) is 36.2 Å². The molecule has 0 radical (unpaired) electrons. The van der Waals surface area contributed by atoms with Crippen molar-refractivity contribution in [3.63, 3.8) is 0 Å². The quantitative estimate of drug-likeness (QED) is 0.839. The number of amides is 1. The maximum absolute atomic E-state index is 12.1. The number of aromatic amines is 1. The van der Waals surface area contributed by atoms with Crippen molar-refractivity contribution < 1.29 is 14.7 Å². The van der Waals surface area contributed by atoms with E-state index in [0.29, 0.717) is 24.6 Å². The third-order valence-corrected chi connectivity index (χ3v) is 3.30. The zero-order chi connectivity index (χ0) is 13.0. The van der Waals surface area contributed by atoms with E-state index in [1.165, 1.54) is 12.5 Å². The Morgan fingerprint density at radius 1 is 1.56 bits per heavy atom. The van der Waals surface area contributed by atoms with Crippen molar-refractivity contribution in [1.82, 2.24) is 14.9 Å². The summed E-state index contributed by atoms with van der Waals surface area (Å²) in [4.78, 5) is 31.1. The summed E-state index contributed by atoms with van der Waals surface area (Å²) in [5, 5.41) is 8.68. The number of aromatic nitrogens is 2. The number of carbonyl (C=O) groups is 2. The summed E-state index contributed by atoms with van der Waals surface area (Å²) in [6.07, 6.45) is 5.76. The van der Waals surface area contributed by atoms with E-state index in [0.717, 1.165) is 19.4 Å². The second-order valence-corrected chi connectivity index (χ2v) is 4.66. The summed E-state index contributed by atoms with van der Waals surface area (Å²) in [7, 11) is 0. The highest BCUT2D eigenvalue weighted by atomic mass is 16.4. The van der Waals surface area contributed by atoms with Crippen molar-refractivity contribution >= 4 is 11.9 Å². The third kappa shape index (κ3) is 3.09. The highest BCUT2D eigenvalue weighted by molar-refractivity contribution is 5.92. The molecule has 1 aromatic heterocycles. The lowest BCUT2D eigenvalue weighted by atomic mass is 9.93. The van der Waals surface area contributed by atoms with Crippen LogP contribution < -0.4 is 0 Å². The van der Waals surface area contributed by atoms with E-state index in [2.05, 4.69) is 9.97 Å². The normalized spacial score (nSPS) is 19.8. The molecule has 1 fully saturated rings. The number of carboxylic acid groups (broad SMARTS) is 1. The van der Waals surface area contributed by atoms with Crippen LogP contribution in [0.15, 0.2) is 12.5 Å². The van der Waals surface area contributed by atoms with Gasteiger partial charge in [-0.15, -0.1) is 0 Å². The average Bonchev–Trinajstić information content (AvgIpc) is 2.89. The molecule has 1 unspecified atom stereocenters. The molecule has 6 heteroatoms. The van der Waals surface area contributed by atoms with Crippen molar-refractivity contribution in [1.29, 1.82) is 0 Å². The standard InChI is InChI=1S/C12H17N3O3/c16-11(17)4-3-9-2-1-5-15(7-9)12(18)10-6-13-8-14-10/h6,8-9H,1-5,7H2,(H,13,14)(H,16,17). The van der Waals surface area contributed by atoms with Crippen LogP contribution in [0.25, 0.3) is 0 Å². The van der Waals surface area contributed by atoms with Crippen LogP contribution in [0.3, 0.4) is 0 Å². The van der Waals surface area contributed by atoms with Gasteiger partial charge in [0.25, 0.3) is 5.91 Å². The number of likely N-dealkylation sites (tertiary alicyclic amines) is 1. The molecular weight excluding hydrogens is 234 g/mol. The Balaban J connectivity index is 1.90. The Labute approximate surface area is 105 Å². The van der Waals surface area contributed by atoms with Gasteiger partial charge in [0.05, 0.1) is 12.5 Å². The molecule has 2 N–H and O–H groups in total. The summed E-state index contributed by atoms with van der Waals surface area (Å²) in [6.45, 7) is 1.38. The van der Waals surface area contributed by atoms with E-state index in [1.54, 1.807) is 4.90 Å². The summed E-state index contributed by atoms with van der Waals surface area (Å²) in [5.41, 5.74) is 0.494. The predicted octanol–water partition coefficient (Wildman–Crippen LogP) is 1.13. The van der Waals surface area contributed by atoms with Crippen LogP contribution in [-0.4, -0.2) is 44.9 Å². The lowest BCUT2D eigenvalue weighted by Gasteiger charge is -2.32. The lowest BCUT2D eigenvalue weighted by molar-refractivity contribution is -0.137. The third-order valence-electron chi connectivity index (χ3n) is 3.30. The van der Waals surface area contributed by atoms with Gasteiger partial charge in [-0.3, -0.25) is 9.59 Å². The van der Waals surface area contributed by atoms with Crippen LogP contribution in [0.5, 0.6) is 0 Å². The number of piperidine rings is 1. The van der Waals surface area contributed by atoms with E-state index < -0.39 is 5.97 Å². The van der Waals surface area contributed by atoms with E-state index in [-0.39, 0.29) is 12.3 Å². The molecule has 0 aliphatic carbocycles. The molecule has 1 aromatic rings. The van der Waals surface area contributed by atoms with Crippen LogP contribution in [0.2, 0.25) is 0 Å². The van der Waals surface area contributed by atoms with Gasteiger partial charge in [-0.25, -0.2) is 4.98 Å². The molecule has 0 aromatic carbocycles. The topological polar surface area (TPSA) is 86.3 Å². The van der Waals surface area contributed by atoms with Gasteiger partial charge < -0.3 is 15.0 Å². The van der Waals surface area contributed by atoms with Crippen LogP contribution in [0, 0.1) is 5.92 Å². The Kier molecular flexibility index (Phi) is 3.96. The molecule has 2 rings (SSSR count). The SMILES string of the molecule is O=C(O)CCC1CCCN(C(=O)c2cnc[nH]2)C1. The lowest BCUT2D eigenvalue weighted by Crippen LogP contribution is -2.40. The Morgan fingerprint density at radius 2 is 2.39 bits per heavy atom. The van der Waals surface area contributed by atoms with Gasteiger partial charge in [-0.2, -0.15) is 0 Å². The number of nitrogens with one attached hydrogen (secondary N) is 1. The second-order valence-electron chi connectivity index (χ2n) is 4.66. The number of carboxylic acids is 1. The number of imidazole rings is 1. The highest BCUT2D eigenvalue weighted by Crippen LogP contribution is 2.22. The molecule has 1 amide bonds. The number of hydrogen-bond acceptors (Lipinski definition) is 3. The molecule has 2 heterocycles. The van der Waals surface area contributed by atoms with Crippen LogP contribution in [0.4, 0.5) is 0 Å². The van der Waals surface area contributed by atoms with Crippen molar-refractivity contribution in [2.45, 2.75) is 25.7 Å². The van der Waals surface area contributed by atoms with Gasteiger partial charge in [0.15, 0.2) is 0 Å². The zero-order valence-corrected chi connectivity index (χ0v) is 10.1. The van der Waals surface area contributed by atoms with Crippen molar-refractivity contribution in [3.05, 3.63) is 18.2 Å². The minimum atomic E-state index is -0.771. The fraction of sp³-hybridized carbons (Fsp3) is 0.583. The molecule has 0 saturated carbocycles. The molecule has 1 aliphatic heterocycles. The minimum absolute atomic E-state index is 0.0486. The molecule has 18 heavy (non-hydrogen) atoms. The summed E-state index contributed by atoms with van der Waals surface area (Å²) in [6, 6.07) is 0. The monoisotopic (exact) mass is 251 g/mol. The van der Waals surface area contributed by atoms with Gasteiger partial charge in [0.2, 0.25) is 0 Å². The molecule has 0 spiro atoms. The van der Waals surface area contributed by atoms with E-state index >= 15 is 0 Å². The fourth-order valence-corrected chi connectivity index (χ4v) is 2.36. The van der Waals surface area contributed by atoms with E-state index in [1.807, 2.05) is 0 Å². The molecule has 1 saturated heterocycles. The number of H-pyrrole nitrogens is 1. The number of rotatable bonds is 4. The Morgan fingerprint density at radius 3 is 3.06 bits per heavy atom.